The van der Waals surface area contributed by atoms with Gasteiger partial charge >= 0.3 is 0 Å². The van der Waals surface area contributed by atoms with Gasteiger partial charge in [0.25, 0.3) is 0 Å². The Labute approximate surface area is 147 Å². The van der Waals surface area contributed by atoms with Gasteiger partial charge in [0, 0.05) is 24.7 Å². The van der Waals surface area contributed by atoms with Crippen LogP contribution in [0.25, 0.3) is 0 Å². The Kier molecular flexibility index (Phi) is 4.99. The summed E-state index contributed by atoms with van der Waals surface area (Å²) in [5, 5.41) is 2.81. The largest absolute Gasteiger partial charge is 0.494 e. The lowest BCUT2D eigenvalue weighted by molar-refractivity contribution is -0.129. The van der Waals surface area contributed by atoms with Crippen LogP contribution in [0.15, 0.2) is 24.3 Å². The van der Waals surface area contributed by atoms with E-state index < -0.39 is 15.8 Å². The molecule has 2 atom stereocenters. The second-order valence-corrected chi connectivity index (χ2v) is 8.68. The van der Waals surface area contributed by atoms with E-state index in [1.807, 2.05) is 6.92 Å². The van der Waals surface area contributed by atoms with Crippen LogP contribution in [0.4, 0.5) is 5.69 Å². The van der Waals surface area contributed by atoms with E-state index in [0.717, 1.165) is 5.75 Å². The van der Waals surface area contributed by atoms with Gasteiger partial charge in [-0.3, -0.25) is 9.59 Å². The summed E-state index contributed by atoms with van der Waals surface area (Å²) >= 11 is 0. The average Bonchev–Trinajstić information content (AvgIpc) is 3.12. The molecule has 2 fully saturated rings. The summed E-state index contributed by atoms with van der Waals surface area (Å²) < 4.78 is 28.6. The fourth-order valence-corrected chi connectivity index (χ4v) is 5.06. The first kappa shape index (κ1) is 17.7. The second kappa shape index (κ2) is 7.03. The van der Waals surface area contributed by atoms with E-state index in [2.05, 4.69) is 5.32 Å². The summed E-state index contributed by atoms with van der Waals surface area (Å²) in [6, 6.07) is 6.76. The third kappa shape index (κ3) is 4.12. The number of ether oxygens (including phenoxy) is 1. The predicted molar refractivity (Wildman–Crippen MR) is 93.1 cm³/mol. The molecule has 1 aromatic rings. The van der Waals surface area contributed by atoms with E-state index in [9.17, 15) is 18.0 Å². The zero-order chi connectivity index (χ0) is 18.0. The van der Waals surface area contributed by atoms with Crippen LogP contribution in [0.5, 0.6) is 5.75 Å². The minimum Gasteiger partial charge on any atom is -0.494 e. The molecule has 2 saturated heterocycles. The number of nitrogens with one attached hydrogen (secondary N) is 1. The van der Waals surface area contributed by atoms with E-state index in [-0.39, 0.29) is 42.3 Å². The number of hydrogen-bond acceptors (Lipinski definition) is 5. The predicted octanol–water partition coefficient (Wildman–Crippen LogP) is 1.06. The van der Waals surface area contributed by atoms with Crippen LogP contribution >= 0.6 is 0 Å². The molecular weight excluding hydrogens is 344 g/mol. The number of hydrogen-bond donors (Lipinski definition) is 1. The van der Waals surface area contributed by atoms with Crippen molar-refractivity contribution in [1.82, 2.24) is 4.90 Å². The molecule has 0 saturated carbocycles. The zero-order valence-corrected chi connectivity index (χ0v) is 14.9. The van der Waals surface area contributed by atoms with Crippen molar-refractivity contribution in [2.24, 2.45) is 5.92 Å². The van der Waals surface area contributed by atoms with E-state index in [0.29, 0.717) is 18.7 Å². The van der Waals surface area contributed by atoms with Gasteiger partial charge < -0.3 is 15.0 Å². The number of rotatable bonds is 5. The number of nitrogens with zero attached hydrogens (tertiary/aromatic N) is 1. The average molecular weight is 366 g/mol. The molecule has 1 N–H and O–H groups in total. The fourth-order valence-electron chi connectivity index (χ4n) is 3.33. The monoisotopic (exact) mass is 366 g/mol. The molecule has 7 nitrogen and oxygen atoms in total. The van der Waals surface area contributed by atoms with Crippen molar-refractivity contribution >= 4 is 27.3 Å². The van der Waals surface area contributed by atoms with Crippen LogP contribution in [-0.2, 0) is 19.4 Å². The molecule has 2 heterocycles. The molecule has 2 aliphatic rings. The minimum atomic E-state index is -3.06. The number of anilines is 1. The number of carbonyl (C=O) groups is 2. The van der Waals surface area contributed by atoms with Gasteiger partial charge in [-0.05, 0) is 37.6 Å². The van der Waals surface area contributed by atoms with Crippen molar-refractivity contribution in [3.8, 4) is 5.75 Å². The third-order valence-electron chi connectivity index (χ3n) is 4.61. The van der Waals surface area contributed by atoms with Gasteiger partial charge in [0.05, 0.1) is 24.0 Å². The molecule has 2 amide bonds. The summed E-state index contributed by atoms with van der Waals surface area (Å²) in [4.78, 5) is 26.2. The molecule has 1 aromatic carbocycles. The molecule has 2 unspecified atom stereocenters. The molecule has 8 heteroatoms. The maximum Gasteiger partial charge on any atom is 0.229 e. The van der Waals surface area contributed by atoms with Gasteiger partial charge in [-0.1, -0.05) is 0 Å². The number of carbonyl (C=O) groups excluding carboxylic acids is 2. The molecule has 0 bridgehead atoms. The Balaban J connectivity index is 1.59. The maximum absolute atomic E-state index is 12.4. The summed E-state index contributed by atoms with van der Waals surface area (Å²) in [6.45, 7) is 2.75. The number of sulfone groups is 1. The Hall–Kier alpha value is -2.09. The van der Waals surface area contributed by atoms with Crippen molar-refractivity contribution in [2.45, 2.75) is 25.8 Å². The van der Waals surface area contributed by atoms with Crippen LogP contribution in [-0.4, -0.2) is 55.8 Å². The fraction of sp³-hybridized carbons (Fsp3) is 0.529. The first-order valence-corrected chi connectivity index (χ1v) is 10.2. The van der Waals surface area contributed by atoms with Crippen LogP contribution < -0.4 is 10.1 Å². The van der Waals surface area contributed by atoms with Crippen molar-refractivity contribution in [3.63, 3.8) is 0 Å². The molecule has 136 valence electrons. The summed E-state index contributed by atoms with van der Waals surface area (Å²) in [7, 11) is -3.06. The first-order valence-electron chi connectivity index (χ1n) is 8.41. The summed E-state index contributed by atoms with van der Waals surface area (Å²) in [6.07, 6.45) is 0.584. The number of benzene rings is 1. The Morgan fingerprint density at radius 1 is 1.32 bits per heavy atom. The SMILES string of the molecule is CCOc1ccc(NC(=O)C2CC(=O)N(C3CCS(=O)(=O)C3)C2)cc1. The highest BCUT2D eigenvalue weighted by molar-refractivity contribution is 7.91. The molecule has 0 spiro atoms. The Bertz CT molecular complexity index is 760. The highest BCUT2D eigenvalue weighted by atomic mass is 32.2. The maximum atomic E-state index is 12.4. The van der Waals surface area contributed by atoms with Gasteiger partial charge in [-0.25, -0.2) is 8.42 Å². The van der Waals surface area contributed by atoms with Crippen LogP contribution in [0.3, 0.4) is 0 Å². The van der Waals surface area contributed by atoms with E-state index >= 15 is 0 Å². The lowest BCUT2D eigenvalue weighted by Crippen LogP contribution is -2.38. The molecule has 25 heavy (non-hydrogen) atoms. The molecule has 0 aliphatic carbocycles. The van der Waals surface area contributed by atoms with E-state index in [1.54, 1.807) is 29.2 Å². The van der Waals surface area contributed by atoms with Crippen LogP contribution in [0, 0.1) is 5.92 Å². The lowest BCUT2D eigenvalue weighted by Gasteiger charge is -2.22. The van der Waals surface area contributed by atoms with Gasteiger partial charge in [-0.15, -0.1) is 0 Å². The van der Waals surface area contributed by atoms with Crippen molar-refractivity contribution in [2.75, 3.05) is 30.0 Å². The third-order valence-corrected chi connectivity index (χ3v) is 6.36. The normalized spacial score (nSPS) is 25.2. The van der Waals surface area contributed by atoms with Gasteiger partial charge in [0.2, 0.25) is 11.8 Å². The summed E-state index contributed by atoms with van der Waals surface area (Å²) in [5.41, 5.74) is 0.641. The van der Waals surface area contributed by atoms with Crippen LogP contribution in [0.2, 0.25) is 0 Å². The van der Waals surface area contributed by atoms with Crippen molar-refractivity contribution < 1.29 is 22.7 Å². The second-order valence-electron chi connectivity index (χ2n) is 6.45. The summed E-state index contributed by atoms with van der Waals surface area (Å²) in [5.74, 6) is 0.0264. The molecular formula is C17H22N2O5S. The highest BCUT2D eigenvalue weighted by Crippen LogP contribution is 2.27. The first-order chi connectivity index (χ1) is 11.9. The standard InChI is InChI=1S/C17H22N2O5S/c1-2-24-15-5-3-13(4-6-15)18-17(21)12-9-16(20)19(10-12)14-7-8-25(22,23)11-14/h3-6,12,14H,2,7-11H2,1H3,(H,18,21). The zero-order valence-electron chi connectivity index (χ0n) is 14.1. The Morgan fingerprint density at radius 2 is 2.04 bits per heavy atom. The van der Waals surface area contributed by atoms with Gasteiger partial charge in [-0.2, -0.15) is 0 Å². The van der Waals surface area contributed by atoms with Crippen molar-refractivity contribution in [1.29, 1.82) is 0 Å². The molecule has 2 aliphatic heterocycles. The van der Waals surface area contributed by atoms with Crippen LogP contribution in [0.1, 0.15) is 19.8 Å². The van der Waals surface area contributed by atoms with Gasteiger partial charge in [0.15, 0.2) is 9.84 Å². The topological polar surface area (TPSA) is 92.8 Å². The van der Waals surface area contributed by atoms with Gasteiger partial charge in [0.1, 0.15) is 5.75 Å². The van der Waals surface area contributed by atoms with Crippen molar-refractivity contribution in [3.05, 3.63) is 24.3 Å². The molecule has 0 radical (unpaired) electrons. The number of likely N-dealkylation sites (tertiary alicyclic amines) is 1. The lowest BCUT2D eigenvalue weighted by atomic mass is 10.1. The molecule has 3 rings (SSSR count). The number of amides is 2. The Morgan fingerprint density at radius 3 is 2.64 bits per heavy atom. The minimum absolute atomic E-state index is 0.00592. The highest BCUT2D eigenvalue weighted by Gasteiger charge is 2.41. The van der Waals surface area contributed by atoms with E-state index in [1.165, 1.54) is 0 Å². The van der Waals surface area contributed by atoms with E-state index in [4.69, 9.17) is 4.74 Å². The quantitative estimate of drug-likeness (QED) is 0.841. The molecule has 0 aromatic heterocycles. The smallest absolute Gasteiger partial charge is 0.229 e.